The largest absolute Gasteiger partial charge is 0.497 e. The molecule has 0 bridgehead atoms. The zero-order valence-electron chi connectivity index (χ0n) is 12.5. The van der Waals surface area contributed by atoms with Gasteiger partial charge in [0.2, 0.25) is 0 Å². The van der Waals surface area contributed by atoms with Gasteiger partial charge in [-0.1, -0.05) is 24.0 Å². The summed E-state index contributed by atoms with van der Waals surface area (Å²) in [6.45, 7) is 4.87. The highest BCUT2D eigenvalue weighted by atomic mass is 16.6. The van der Waals surface area contributed by atoms with E-state index >= 15 is 0 Å². The summed E-state index contributed by atoms with van der Waals surface area (Å²) in [5.74, 6) is 11.7. The Morgan fingerprint density at radius 1 is 1.24 bits per heavy atom. The topological polar surface area (TPSA) is 62.3 Å². The van der Waals surface area contributed by atoms with E-state index in [4.69, 9.17) is 10.6 Å². The second-order valence-corrected chi connectivity index (χ2v) is 4.66. The Hall–Kier alpha value is -2.29. The lowest BCUT2D eigenvalue weighted by Gasteiger charge is -2.06. The van der Waals surface area contributed by atoms with E-state index in [0.29, 0.717) is 6.54 Å². The molecule has 0 atom stereocenters. The maximum Gasteiger partial charge on any atom is 0.129 e. The molecule has 0 fully saturated rings. The number of hydrogen-bond acceptors (Lipinski definition) is 4. The van der Waals surface area contributed by atoms with Crippen LogP contribution in [0, 0.1) is 25.7 Å². The first kappa shape index (κ1) is 15.1. The van der Waals surface area contributed by atoms with E-state index < -0.39 is 0 Å². The molecule has 0 saturated heterocycles. The molecule has 0 aliphatic rings. The average Bonchev–Trinajstić information content (AvgIpc) is 2.75. The van der Waals surface area contributed by atoms with Crippen molar-refractivity contribution in [2.75, 3.05) is 13.7 Å². The maximum atomic E-state index is 5.16. The van der Waals surface area contributed by atoms with Crippen LogP contribution in [0.2, 0.25) is 0 Å². The van der Waals surface area contributed by atoms with Gasteiger partial charge in [0, 0.05) is 0 Å². The molecule has 0 saturated carbocycles. The molecule has 1 heterocycles. The maximum absolute atomic E-state index is 5.16. The summed E-state index contributed by atoms with van der Waals surface area (Å²) in [5, 5.41) is 4.54. The molecule has 2 N–H and O–H groups in total. The highest BCUT2D eigenvalue weighted by Crippen LogP contribution is 2.16. The molecule has 21 heavy (non-hydrogen) atoms. The van der Waals surface area contributed by atoms with Gasteiger partial charge >= 0.3 is 0 Å². The molecular weight excluding hydrogens is 266 g/mol. The third-order valence-electron chi connectivity index (χ3n) is 3.24. The van der Waals surface area contributed by atoms with Crippen molar-refractivity contribution in [3.8, 4) is 17.6 Å². The predicted molar refractivity (Wildman–Crippen MR) is 80.8 cm³/mol. The number of aromatic nitrogens is 2. The molecule has 0 spiro atoms. The molecule has 0 amide bonds. The lowest BCUT2D eigenvalue weighted by molar-refractivity contribution is 0.173. The third-order valence-corrected chi connectivity index (χ3v) is 3.24. The van der Waals surface area contributed by atoms with Gasteiger partial charge in [-0.2, -0.15) is 5.10 Å². The van der Waals surface area contributed by atoms with Crippen molar-refractivity contribution >= 4 is 0 Å². The zero-order chi connectivity index (χ0) is 15.2. The van der Waals surface area contributed by atoms with Crippen molar-refractivity contribution in [1.29, 1.82) is 0 Å². The van der Waals surface area contributed by atoms with Gasteiger partial charge in [0.25, 0.3) is 0 Å². The van der Waals surface area contributed by atoms with Crippen molar-refractivity contribution < 1.29 is 9.57 Å². The van der Waals surface area contributed by atoms with Crippen LogP contribution in [-0.4, -0.2) is 23.5 Å². The molecule has 2 rings (SSSR count). The number of methoxy groups -OCH3 is 1. The molecule has 0 radical (unpaired) electrons. The van der Waals surface area contributed by atoms with Crippen LogP contribution in [0.5, 0.6) is 5.75 Å². The number of hydrogen-bond donors (Lipinski definition) is 1. The second kappa shape index (κ2) is 6.93. The number of rotatable bonds is 4. The van der Waals surface area contributed by atoms with Crippen molar-refractivity contribution in [1.82, 2.24) is 9.78 Å². The van der Waals surface area contributed by atoms with E-state index in [2.05, 4.69) is 21.8 Å². The summed E-state index contributed by atoms with van der Waals surface area (Å²) in [4.78, 5) is 4.45. The molecule has 0 aliphatic heterocycles. The summed E-state index contributed by atoms with van der Waals surface area (Å²) in [5.41, 5.74) is 4.03. The van der Waals surface area contributed by atoms with Gasteiger partial charge in [-0.25, -0.2) is 5.90 Å². The van der Waals surface area contributed by atoms with Crippen LogP contribution in [0.1, 0.15) is 22.5 Å². The van der Waals surface area contributed by atoms with Crippen molar-refractivity contribution in [2.45, 2.75) is 20.4 Å². The minimum Gasteiger partial charge on any atom is -0.497 e. The van der Waals surface area contributed by atoms with Crippen molar-refractivity contribution in [2.24, 2.45) is 5.90 Å². The average molecular weight is 285 g/mol. The van der Waals surface area contributed by atoms with Crippen molar-refractivity contribution in [3.63, 3.8) is 0 Å². The molecule has 2 aromatic rings. The Morgan fingerprint density at radius 3 is 2.57 bits per heavy atom. The summed E-state index contributed by atoms with van der Waals surface area (Å²) in [7, 11) is 1.66. The summed E-state index contributed by atoms with van der Waals surface area (Å²) in [6.07, 6.45) is 0. The first-order chi connectivity index (χ1) is 10.2. The van der Waals surface area contributed by atoms with Crippen LogP contribution in [0.3, 0.4) is 0 Å². The Morgan fingerprint density at radius 2 is 1.95 bits per heavy atom. The number of nitrogens with zero attached hydrogens (tertiary/aromatic N) is 2. The predicted octanol–water partition coefficient (Wildman–Crippen LogP) is 1.80. The molecule has 1 aromatic carbocycles. The van der Waals surface area contributed by atoms with Crippen molar-refractivity contribution in [3.05, 3.63) is 46.8 Å². The van der Waals surface area contributed by atoms with Crippen LogP contribution in [-0.2, 0) is 11.4 Å². The lowest BCUT2D eigenvalue weighted by Crippen LogP contribution is -2.04. The zero-order valence-corrected chi connectivity index (χ0v) is 12.5. The van der Waals surface area contributed by atoms with Crippen LogP contribution in [0.4, 0.5) is 0 Å². The van der Waals surface area contributed by atoms with Gasteiger partial charge in [-0.3, -0.25) is 9.52 Å². The van der Waals surface area contributed by atoms with E-state index in [1.165, 1.54) is 0 Å². The molecule has 5 heteroatoms. The SMILES string of the molecule is COc1ccc(Cn2nc(C)c(C#CCON)c2C)cc1. The van der Waals surface area contributed by atoms with Gasteiger partial charge in [0.15, 0.2) is 0 Å². The standard InChI is InChI=1S/C16H19N3O2/c1-12-16(5-4-10-21-17)13(2)19(18-12)11-14-6-8-15(20-3)9-7-14/h6-9H,10-11,17H2,1-3H3. The van der Waals surface area contributed by atoms with Gasteiger partial charge in [-0.05, 0) is 31.5 Å². The summed E-state index contributed by atoms with van der Waals surface area (Å²) in [6, 6.07) is 7.95. The highest BCUT2D eigenvalue weighted by molar-refractivity contribution is 5.41. The number of aryl methyl sites for hydroxylation is 1. The summed E-state index contributed by atoms with van der Waals surface area (Å²) < 4.78 is 7.11. The minimum absolute atomic E-state index is 0.211. The van der Waals surface area contributed by atoms with Gasteiger partial charge in [0.05, 0.1) is 30.6 Å². The molecule has 1 aromatic heterocycles. The van der Waals surface area contributed by atoms with Crippen LogP contribution >= 0.6 is 0 Å². The van der Waals surface area contributed by atoms with Crippen LogP contribution < -0.4 is 10.6 Å². The Bertz CT molecular complexity index is 663. The quantitative estimate of drug-likeness (QED) is 0.687. The number of nitrogens with two attached hydrogens (primary N) is 1. The third kappa shape index (κ3) is 3.63. The van der Waals surface area contributed by atoms with E-state index in [1.807, 2.05) is 42.8 Å². The smallest absolute Gasteiger partial charge is 0.129 e. The fraction of sp³-hybridized carbons (Fsp3) is 0.312. The van der Waals surface area contributed by atoms with Crippen LogP contribution in [0.15, 0.2) is 24.3 Å². The van der Waals surface area contributed by atoms with Crippen LogP contribution in [0.25, 0.3) is 0 Å². The molecule has 0 aliphatic carbocycles. The van der Waals surface area contributed by atoms with E-state index in [1.54, 1.807) is 7.11 Å². The number of benzene rings is 1. The number of ether oxygens (including phenoxy) is 1. The second-order valence-electron chi connectivity index (χ2n) is 4.66. The molecular formula is C16H19N3O2. The fourth-order valence-electron chi connectivity index (χ4n) is 2.10. The first-order valence-electron chi connectivity index (χ1n) is 6.63. The van der Waals surface area contributed by atoms with Gasteiger partial charge in [-0.15, -0.1) is 0 Å². The first-order valence-corrected chi connectivity index (χ1v) is 6.63. The fourth-order valence-corrected chi connectivity index (χ4v) is 2.10. The minimum atomic E-state index is 0.211. The Labute approximate surface area is 124 Å². The lowest BCUT2D eigenvalue weighted by atomic mass is 10.2. The molecule has 0 unspecified atom stereocenters. The van der Waals surface area contributed by atoms with E-state index in [0.717, 1.165) is 28.3 Å². The monoisotopic (exact) mass is 285 g/mol. The highest BCUT2D eigenvalue weighted by Gasteiger charge is 2.09. The summed E-state index contributed by atoms with van der Waals surface area (Å²) >= 11 is 0. The normalized spacial score (nSPS) is 10.1. The molecule has 110 valence electrons. The molecule has 5 nitrogen and oxygen atoms in total. The Kier molecular flexibility index (Phi) is 4.99. The van der Waals surface area contributed by atoms with E-state index in [-0.39, 0.29) is 6.61 Å². The van der Waals surface area contributed by atoms with E-state index in [9.17, 15) is 0 Å². The Balaban J connectivity index is 2.21. The van der Waals surface area contributed by atoms with Gasteiger partial charge < -0.3 is 4.74 Å². The van der Waals surface area contributed by atoms with Gasteiger partial charge in [0.1, 0.15) is 12.4 Å².